The van der Waals surface area contributed by atoms with Gasteiger partial charge >= 0.3 is 5.97 Å². The lowest BCUT2D eigenvalue weighted by atomic mass is 9.96. The molecule has 0 spiro atoms. The van der Waals surface area contributed by atoms with Gasteiger partial charge in [-0.3, -0.25) is 4.79 Å². The molecule has 3 heterocycles. The van der Waals surface area contributed by atoms with Crippen LogP contribution in [0.15, 0.2) is 18.3 Å². The first-order chi connectivity index (χ1) is 8.65. The van der Waals surface area contributed by atoms with E-state index >= 15 is 0 Å². The van der Waals surface area contributed by atoms with Gasteiger partial charge in [0, 0.05) is 29.7 Å². The molecule has 2 aromatic heterocycles. The number of nitrogens with zero attached hydrogens (tertiary/aromatic N) is 2. The zero-order valence-electron chi connectivity index (χ0n) is 10.1. The Hall–Kier alpha value is -1.62. The van der Waals surface area contributed by atoms with Gasteiger partial charge in [-0.25, -0.2) is 4.98 Å². The molecule has 1 aliphatic heterocycles. The van der Waals surface area contributed by atoms with Crippen LogP contribution in [0, 0.1) is 12.8 Å². The van der Waals surface area contributed by atoms with E-state index in [2.05, 4.69) is 28.6 Å². The Morgan fingerprint density at radius 1 is 1.56 bits per heavy atom. The minimum absolute atomic E-state index is 0.257. The molecule has 2 aromatic rings. The summed E-state index contributed by atoms with van der Waals surface area (Å²) in [6, 6.07) is 4.17. The van der Waals surface area contributed by atoms with Gasteiger partial charge in [-0.2, -0.15) is 0 Å². The number of carbonyl (C=O) groups is 1. The van der Waals surface area contributed by atoms with Gasteiger partial charge in [-0.05, 0) is 25.5 Å². The first-order valence-electron chi connectivity index (χ1n) is 5.99. The quantitative estimate of drug-likeness (QED) is 0.905. The standard InChI is InChI=1S/C13H14N2O2S/c1-8-2-3-11(18-8)12-14-7-10-6-9(13(16)17)4-5-15(10)12/h2-3,7,9H,4-6H2,1H3,(H,16,17). The second-order valence-electron chi connectivity index (χ2n) is 4.66. The summed E-state index contributed by atoms with van der Waals surface area (Å²) < 4.78 is 2.16. The molecule has 5 heteroatoms. The lowest BCUT2D eigenvalue weighted by Gasteiger charge is -2.21. The van der Waals surface area contributed by atoms with Gasteiger partial charge in [-0.1, -0.05) is 0 Å². The van der Waals surface area contributed by atoms with E-state index in [-0.39, 0.29) is 5.92 Å². The minimum Gasteiger partial charge on any atom is -0.481 e. The van der Waals surface area contributed by atoms with Crippen LogP contribution in [0.3, 0.4) is 0 Å². The second-order valence-corrected chi connectivity index (χ2v) is 5.95. The molecule has 1 aliphatic rings. The van der Waals surface area contributed by atoms with Crippen molar-refractivity contribution < 1.29 is 9.90 Å². The summed E-state index contributed by atoms with van der Waals surface area (Å²) >= 11 is 1.73. The van der Waals surface area contributed by atoms with Gasteiger partial charge in [0.2, 0.25) is 0 Å². The topological polar surface area (TPSA) is 55.1 Å². The van der Waals surface area contributed by atoms with Gasteiger partial charge in [0.1, 0.15) is 5.82 Å². The number of hydrogen-bond acceptors (Lipinski definition) is 3. The molecule has 94 valence electrons. The van der Waals surface area contributed by atoms with E-state index in [1.165, 1.54) is 4.88 Å². The van der Waals surface area contributed by atoms with Crippen LogP contribution in [0.25, 0.3) is 10.7 Å². The van der Waals surface area contributed by atoms with E-state index in [9.17, 15) is 4.79 Å². The molecule has 18 heavy (non-hydrogen) atoms. The predicted octanol–water partition coefficient (Wildman–Crippen LogP) is 2.57. The summed E-state index contributed by atoms with van der Waals surface area (Å²) in [5, 5.41) is 9.06. The van der Waals surface area contributed by atoms with Crippen LogP contribution in [-0.2, 0) is 17.8 Å². The van der Waals surface area contributed by atoms with Crippen molar-refractivity contribution in [3.05, 3.63) is 28.9 Å². The highest BCUT2D eigenvalue weighted by Gasteiger charge is 2.26. The maximum atomic E-state index is 11.0. The highest BCUT2D eigenvalue weighted by molar-refractivity contribution is 7.15. The number of carboxylic acids is 1. The second kappa shape index (κ2) is 4.24. The van der Waals surface area contributed by atoms with E-state index < -0.39 is 5.97 Å². The van der Waals surface area contributed by atoms with Crippen LogP contribution in [0.5, 0.6) is 0 Å². The van der Waals surface area contributed by atoms with E-state index in [1.807, 2.05) is 6.20 Å². The van der Waals surface area contributed by atoms with Crippen molar-refractivity contribution in [1.29, 1.82) is 0 Å². The van der Waals surface area contributed by atoms with Crippen molar-refractivity contribution in [3.8, 4) is 10.7 Å². The molecular formula is C13H14N2O2S. The van der Waals surface area contributed by atoms with Gasteiger partial charge < -0.3 is 9.67 Å². The molecule has 1 N–H and O–H groups in total. The molecule has 0 radical (unpaired) electrons. The van der Waals surface area contributed by atoms with Crippen molar-refractivity contribution >= 4 is 17.3 Å². The number of fused-ring (bicyclic) bond motifs is 1. The van der Waals surface area contributed by atoms with Crippen LogP contribution < -0.4 is 0 Å². The Morgan fingerprint density at radius 2 is 2.39 bits per heavy atom. The van der Waals surface area contributed by atoms with Crippen LogP contribution in [0.4, 0.5) is 0 Å². The average Bonchev–Trinajstić information content (AvgIpc) is 2.93. The lowest BCUT2D eigenvalue weighted by molar-refractivity contribution is -0.142. The van der Waals surface area contributed by atoms with Crippen LogP contribution in [0.2, 0.25) is 0 Å². The summed E-state index contributed by atoms with van der Waals surface area (Å²) in [6.07, 6.45) is 3.10. The van der Waals surface area contributed by atoms with Crippen molar-refractivity contribution in [3.63, 3.8) is 0 Å². The zero-order valence-corrected chi connectivity index (χ0v) is 10.9. The van der Waals surface area contributed by atoms with Gasteiger partial charge in [0.25, 0.3) is 0 Å². The molecule has 0 aliphatic carbocycles. The number of aliphatic carboxylic acids is 1. The molecule has 4 nitrogen and oxygen atoms in total. The molecule has 0 bridgehead atoms. The minimum atomic E-state index is -0.698. The lowest BCUT2D eigenvalue weighted by Crippen LogP contribution is -2.25. The molecule has 0 fully saturated rings. The number of aryl methyl sites for hydroxylation is 1. The molecule has 0 saturated carbocycles. The number of carboxylic acid groups (broad SMARTS) is 1. The first-order valence-corrected chi connectivity index (χ1v) is 6.81. The number of imidazole rings is 1. The highest BCUT2D eigenvalue weighted by Crippen LogP contribution is 2.31. The first kappa shape index (κ1) is 11.5. The summed E-state index contributed by atoms with van der Waals surface area (Å²) in [5.74, 6) is 0.0232. The molecule has 0 amide bonds. The van der Waals surface area contributed by atoms with Gasteiger partial charge in [0.15, 0.2) is 0 Å². The third-order valence-electron chi connectivity index (χ3n) is 3.40. The zero-order chi connectivity index (χ0) is 12.7. The molecule has 3 rings (SSSR count). The third-order valence-corrected chi connectivity index (χ3v) is 4.40. The largest absolute Gasteiger partial charge is 0.481 e. The Balaban J connectivity index is 1.95. The normalized spacial score (nSPS) is 18.6. The summed E-state index contributed by atoms with van der Waals surface area (Å²) in [7, 11) is 0. The Kier molecular flexibility index (Phi) is 2.70. The summed E-state index contributed by atoms with van der Waals surface area (Å²) in [5.41, 5.74) is 1.04. The Morgan fingerprint density at radius 3 is 3.06 bits per heavy atom. The molecule has 0 aromatic carbocycles. The maximum absolute atomic E-state index is 11.0. The van der Waals surface area contributed by atoms with E-state index in [0.717, 1.165) is 22.9 Å². The molecule has 1 unspecified atom stereocenters. The fraction of sp³-hybridized carbons (Fsp3) is 0.385. The van der Waals surface area contributed by atoms with E-state index in [0.29, 0.717) is 12.8 Å². The molecular weight excluding hydrogens is 248 g/mol. The van der Waals surface area contributed by atoms with Crippen LogP contribution in [-0.4, -0.2) is 20.6 Å². The SMILES string of the molecule is Cc1ccc(-c2ncc3n2CCC(C(=O)O)C3)s1. The predicted molar refractivity (Wildman–Crippen MR) is 69.7 cm³/mol. The van der Waals surface area contributed by atoms with E-state index in [1.54, 1.807) is 11.3 Å². The van der Waals surface area contributed by atoms with Gasteiger partial charge in [-0.15, -0.1) is 11.3 Å². The van der Waals surface area contributed by atoms with Crippen LogP contribution in [0.1, 0.15) is 17.0 Å². The molecule has 0 saturated heterocycles. The average molecular weight is 262 g/mol. The summed E-state index contributed by atoms with van der Waals surface area (Å²) in [4.78, 5) is 17.9. The van der Waals surface area contributed by atoms with Crippen molar-refractivity contribution in [1.82, 2.24) is 9.55 Å². The highest BCUT2D eigenvalue weighted by atomic mass is 32.1. The van der Waals surface area contributed by atoms with Crippen molar-refractivity contribution in [2.45, 2.75) is 26.3 Å². The summed E-state index contributed by atoms with van der Waals surface area (Å²) in [6.45, 7) is 2.83. The maximum Gasteiger partial charge on any atom is 0.306 e. The monoisotopic (exact) mass is 262 g/mol. The van der Waals surface area contributed by atoms with Crippen LogP contribution >= 0.6 is 11.3 Å². The Labute approximate surface area is 109 Å². The van der Waals surface area contributed by atoms with Crippen molar-refractivity contribution in [2.24, 2.45) is 5.92 Å². The number of aromatic nitrogens is 2. The fourth-order valence-corrected chi connectivity index (χ4v) is 3.30. The van der Waals surface area contributed by atoms with E-state index in [4.69, 9.17) is 5.11 Å². The molecule has 1 atom stereocenters. The third kappa shape index (κ3) is 1.84. The van der Waals surface area contributed by atoms with Crippen molar-refractivity contribution in [2.75, 3.05) is 0 Å². The number of rotatable bonds is 2. The number of hydrogen-bond donors (Lipinski definition) is 1. The fourth-order valence-electron chi connectivity index (χ4n) is 2.43. The smallest absolute Gasteiger partial charge is 0.306 e. The van der Waals surface area contributed by atoms with Gasteiger partial charge in [0.05, 0.1) is 10.8 Å². The Bertz CT molecular complexity index is 600. The number of thiophene rings is 1.